The molecule has 90 valence electrons. The van der Waals surface area contributed by atoms with Gasteiger partial charge in [-0.2, -0.15) is 0 Å². The second-order valence-corrected chi connectivity index (χ2v) is 5.19. The fourth-order valence-electron chi connectivity index (χ4n) is 1.61. The molecule has 0 fully saturated rings. The molecule has 0 unspecified atom stereocenters. The van der Waals surface area contributed by atoms with Crippen LogP contribution in [0.1, 0.15) is 34.6 Å². The standard InChI is InChI=1S/C12H26N2O/c1-8(2)10(5)13-12(15)11(9(3)4)14(6)7/h8-11H,1-7H3,(H,13,15)/t10-,11+/m1/s1. The number of hydrogen-bond acceptors (Lipinski definition) is 2. The molecule has 0 bridgehead atoms. The van der Waals surface area contributed by atoms with E-state index in [9.17, 15) is 4.79 Å². The normalized spacial score (nSPS) is 15.9. The first-order valence-electron chi connectivity index (χ1n) is 5.74. The number of likely N-dealkylation sites (N-methyl/N-ethyl adjacent to an activating group) is 1. The number of amides is 1. The van der Waals surface area contributed by atoms with Crippen LogP contribution in [-0.2, 0) is 4.79 Å². The summed E-state index contributed by atoms with van der Waals surface area (Å²) in [7, 11) is 3.90. The Hall–Kier alpha value is -0.570. The minimum Gasteiger partial charge on any atom is -0.352 e. The van der Waals surface area contributed by atoms with Crippen LogP contribution in [0.3, 0.4) is 0 Å². The van der Waals surface area contributed by atoms with E-state index >= 15 is 0 Å². The molecular weight excluding hydrogens is 188 g/mol. The van der Waals surface area contributed by atoms with Gasteiger partial charge in [-0.1, -0.05) is 27.7 Å². The van der Waals surface area contributed by atoms with Crippen LogP contribution in [0, 0.1) is 11.8 Å². The summed E-state index contributed by atoms with van der Waals surface area (Å²) in [5, 5.41) is 3.06. The Kier molecular flexibility index (Phi) is 5.88. The van der Waals surface area contributed by atoms with Crippen molar-refractivity contribution >= 4 is 5.91 Å². The minimum atomic E-state index is -0.0359. The van der Waals surface area contributed by atoms with Gasteiger partial charge in [0.15, 0.2) is 0 Å². The zero-order valence-electron chi connectivity index (χ0n) is 11.2. The van der Waals surface area contributed by atoms with E-state index in [2.05, 4.69) is 39.9 Å². The molecule has 1 amide bonds. The van der Waals surface area contributed by atoms with Crippen molar-refractivity contribution in [2.45, 2.75) is 46.7 Å². The number of rotatable bonds is 5. The second-order valence-electron chi connectivity index (χ2n) is 5.19. The van der Waals surface area contributed by atoms with Crippen LogP contribution >= 0.6 is 0 Å². The smallest absolute Gasteiger partial charge is 0.237 e. The van der Waals surface area contributed by atoms with Gasteiger partial charge < -0.3 is 5.32 Å². The van der Waals surface area contributed by atoms with Gasteiger partial charge in [0.05, 0.1) is 6.04 Å². The maximum atomic E-state index is 12.0. The Morgan fingerprint density at radius 3 is 1.73 bits per heavy atom. The zero-order chi connectivity index (χ0) is 12.2. The van der Waals surface area contributed by atoms with E-state index in [1.165, 1.54) is 0 Å². The van der Waals surface area contributed by atoms with Gasteiger partial charge in [-0.25, -0.2) is 0 Å². The molecule has 0 radical (unpaired) electrons. The van der Waals surface area contributed by atoms with Crippen molar-refractivity contribution in [2.24, 2.45) is 11.8 Å². The fourth-order valence-corrected chi connectivity index (χ4v) is 1.61. The molecule has 1 N–H and O–H groups in total. The fraction of sp³-hybridized carbons (Fsp3) is 0.917. The average molecular weight is 214 g/mol. The highest BCUT2D eigenvalue weighted by Crippen LogP contribution is 2.09. The van der Waals surface area contributed by atoms with Crippen molar-refractivity contribution in [1.29, 1.82) is 0 Å². The molecule has 0 aliphatic rings. The van der Waals surface area contributed by atoms with Crippen molar-refractivity contribution in [3.8, 4) is 0 Å². The van der Waals surface area contributed by atoms with E-state index in [-0.39, 0.29) is 18.0 Å². The highest BCUT2D eigenvalue weighted by atomic mass is 16.2. The molecule has 0 aliphatic heterocycles. The summed E-state index contributed by atoms with van der Waals surface area (Å²) in [4.78, 5) is 14.0. The summed E-state index contributed by atoms with van der Waals surface area (Å²) in [5.41, 5.74) is 0. The molecule has 3 nitrogen and oxygen atoms in total. The lowest BCUT2D eigenvalue weighted by Gasteiger charge is -2.29. The first-order valence-corrected chi connectivity index (χ1v) is 5.74. The van der Waals surface area contributed by atoms with Gasteiger partial charge in [-0.3, -0.25) is 9.69 Å². The summed E-state index contributed by atoms with van der Waals surface area (Å²) >= 11 is 0. The van der Waals surface area contributed by atoms with Crippen molar-refractivity contribution in [1.82, 2.24) is 10.2 Å². The molecule has 0 aromatic carbocycles. The van der Waals surface area contributed by atoms with Crippen LogP contribution in [0.5, 0.6) is 0 Å². The molecule has 0 saturated heterocycles. The van der Waals surface area contributed by atoms with Gasteiger partial charge in [-0.05, 0) is 32.9 Å². The summed E-state index contributed by atoms with van der Waals surface area (Å²) in [6, 6.07) is 0.199. The first kappa shape index (κ1) is 14.4. The Bertz CT molecular complexity index is 192. The monoisotopic (exact) mass is 214 g/mol. The Balaban J connectivity index is 4.40. The Morgan fingerprint density at radius 2 is 1.47 bits per heavy atom. The lowest BCUT2D eigenvalue weighted by molar-refractivity contribution is -0.127. The summed E-state index contributed by atoms with van der Waals surface area (Å²) < 4.78 is 0. The summed E-state index contributed by atoms with van der Waals surface area (Å²) in [6.45, 7) is 10.4. The van der Waals surface area contributed by atoms with Gasteiger partial charge in [0.25, 0.3) is 0 Å². The van der Waals surface area contributed by atoms with Crippen molar-refractivity contribution in [2.75, 3.05) is 14.1 Å². The first-order chi connectivity index (χ1) is 6.77. The molecule has 15 heavy (non-hydrogen) atoms. The maximum absolute atomic E-state index is 12.0. The molecule has 0 aromatic rings. The number of nitrogens with zero attached hydrogens (tertiary/aromatic N) is 1. The molecule has 0 heterocycles. The van der Waals surface area contributed by atoms with E-state index in [1.54, 1.807) is 0 Å². The molecular formula is C12H26N2O. The molecule has 0 saturated carbocycles. The van der Waals surface area contributed by atoms with Crippen LogP contribution in [0.4, 0.5) is 0 Å². The van der Waals surface area contributed by atoms with Crippen LogP contribution in [0.15, 0.2) is 0 Å². The SMILES string of the molecule is CC(C)[C@@H](C(=O)N[C@H](C)C(C)C)N(C)C. The number of carbonyl (C=O) groups is 1. The maximum Gasteiger partial charge on any atom is 0.237 e. The Labute approximate surface area is 94.2 Å². The average Bonchev–Trinajstić information content (AvgIpc) is 2.01. The highest BCUT2D eigenvalue weighted by Gasteiger charge is 2.25. The van der Waals surface area contributed by atoms with Gasteiger partial charge in [0.1, 0.15) is 0 Å². The number of nitrogens with one attached hydrogen (secondary N) is 1. The molecule has 2 atom stereocenters. The van der Waals surface area contributed by atoms with Crippen LogP contribution in [0.2, 0.25) is 0 Å². The van der Waals surface area contributed by atoms with Gasteiger partial charge in [-0.15, -0.1) is 0 Å². The molecule has 3 heteroatoms. The topological polar surface area (TPSA) is 32.3 Å². The van der Waals surface area contributed by atoms with Crippen molar-refractivity contribution < 1.29 is 4.79 Å². The third-order valence-electron chi connectivity index (χ3n) is 2.83. The largest absolute Gasteiger partial charge is 0.352 e. The van der Waals surface area contributed by atoms with Gasteiger partial charge in [0, 0.05) is 6.04 Å². The molecule has 0 aliphatic carbocycles. The van der Waals surface area contributed by atoms with Crippen molar-refractivity contribution in [3.05, 3.63) is 0 Å². The van der Waals surface area contributed by atoms with E-state index in [4.69, 9.17) is 0 Å². The Morgan fingerprint density at radius 1 is 1.00 bits per heavy atom. The molecule has 0 spiro atoms. The van der Waals surface area contributed by atoms with E-state index in [0.717, 1.165) is 0 Å². The third kappa shape index (κ3) is 4.65. The minimum absolute atomic E-state index is 0.0359. The molecule has 0 aromatic heterocycles. The third-order valence-corrected chi connectivity index (χ3v) is 2.83. The lowest BCUT2D eigenvalue weighted by atomic mass is 10.0. The second kappa shape index (κ2) is 6.11. The van der Waals surface area contributed by atoms with E-state index < -0.39 is 0 Å². The number of hydrogen-bond donors (Lipinski definition) is 1. The van der Waals surface area contributed by atoms with Gasteiger partial charge in [0.2, 0.25) is 5.91 Å². The van der Waals surface area contributed by atoms with Crippen molar-refractivity contribution in [3.63, 3.8) is 0 Å². The van der Waals surface area contributed by atoms with Crippen LogP contribution in [0.25, 0.3) is 0 Å². The lowest BCUT2D eigenvalue weighted by Crippen LogP contribution is -2.50. The summed E-state index contributed by atoms with van der Waals surface area (Å²) in [5.74, 6) is 0.944. The van der Waals surface area contributed by atoms with E-state index in [0.29, 0.717) is 11.8 Å². The summed E-state index contributed by atoms with van der Waals surface area (Å²) in [6.07, 6.45) is 0. The molecule has 0 rings (SSSR count). The van der Waals surface area contributed by atoms with E-state index in [1.807, 2.05) is 19.0 Å². The van der Waals surface area contributed by atoms with Crippen LogP contribution < -0.4 is 5.32 Å². The number of carbonyl (C=O) groups excluding carboxylic acids is 1. The zero-order valence-corrected chi connectivity index (χ0v) is 11.2. The quantitative estimate of drug-likeness (QED) is 0.756. The predicted molar refractivity (Wildman–Crippen MR) is 64.8 cm³/mol. The predicted octanol–water partition coefficient (Wildman–Crippen LogP) is 1.73. The van der Waals surface area contributed by atoms with Crippen LogP contribution in [-0.4, -0.2) is 37.0 Å². The highest BCUT2D eigenvalue weighted by molar-refractivity contribution is 5.82. The van der Waals surface area contributed by atoms with Gasteiger partial charge >= 0.3 is 0 Å².